The Hall–Kier alpha value is -3.40. The zero-order valence-electron chi connectivity index (χ0n) is 24.8. The Morgan fingerprint density at radius 1 is 1.05 bits per heavy atom. The van der Waals surface area contributed by atoms with Crippen LogP contribution in [0.2, 0.25) is 5.02 Å². The van der Waals surface area contributed by atoms with E-state index < -0.39 is 0 Å². The van der Waals surface area contributed by atoms with E-state index in [-0.39, 0.29) is 11.9 Å². The number of piperazine rings is 1. The molecule has 0 spiro atoms. The summed E-state index contributed by atoms with van der Waals surface area (Å²) in [5.74, 6) is 2.53. The van der Waals surface area contributed by atoms with Crippen molar-refractivity contribution in [1.82, 2.24) is 14.9 Å². The standard InChI is InChI=1S/C33H40ClN5O4/c1-41-32(40)25-5-2-23(18-25)20-42-17-16-38-12-14-39(15-13-38)31-29-10-6-24-19-27(43-21-22-3-7-26(34)8-4-22)9-11-28(24)30(29)36-33(35)37-31/h3-4,7-9,11,19,23,25H,2,5-6,10,12-18,20-21H2,1H3,(H2,35,36,37). The van der Waals surface area contributed by atoms with E-state index in [1.807, 2.05) is 30.3 Å². The summed E-state index contributed by atoms with van der Waals surface area (Å²) in [6.07, 6.45) is 4.59. The number of rotatable bonds is 10. The van der Waals surface area contributed by atoms with E-state index in [9.17, 15) is 4.79 Å². The van der Waals surface area contributed by atoms with Crippen LogP contribution in [0.1, 0.15) is 36.0 Å². The largest absolute Gasteiger partial charge is 0.489 e. The van der Waals surface area contributed by atoms with Crippen LogP contribution in [0.15, 0.2) is 42.5 Å². The van der Waals surface area contributed by atoms with Gasteiger partial charge >= 0.3 is 5.97 Å². The van der Waals surface area contributed by atoms with Gasteiger partial charge in [0, 0.05) is 55.5 Å². The van der Waals surface area contributed by atoms with Gasteiger partial charge in [0.1, 0.15) is 18.2 Å². The summed E-state index contributed by atoms with van der Waals surface area (Å²) < 4.78 is 17.0. The molecule has 10 heteroatoms. The van der Waals surface area contributed by atoms with Crippen LogP contribution >= 0.6 is 11.6 Å². The summed E-state index contributed by atoms with van der Waals surface area (Å²) in [7, 11) is 1.47. The first-order valence-corrected chi connectivity index (χ1v) is 15.6. The molecule has 228 valence electrons. The van der Waals surface area contributed by atoms with Crippen molar-refractivity contribution in [1.29, 1.82) is 0 Å². The van der Waals surface area contributed by atoms with Crippen molar-refractivity contribution in [3.8, 4) is 17.0 Å². The number of benzene rings is 2. The van der Waals surface area contributed by atoms with Crippen molar-refractivity contribution in [2.75, 3.05) is 63.7 Å². The van der Waals surface area contributed by atoms with Crippen LogP contribution in [0.25, 0.3) is 11.3 Å². The lowest BCUT2D eigenvalue weighted by molar-refractivity contribution is -0.145. The molecule has 2 N–H and O–H groups in total. The van der Waals surface area contributed by atoms with E-state index in [1.165, 1.54) is 18.2 Å². The van der Waals surface area contributed by atoms with Gasteiger partial charge in [-0.25, -0.2) is 4.98 Å². The summed E-state index contributed by atoms with van der Waals surface area (Å²) in [6, 6.07) is 13.9. The summed E-state index contributed by atoms with van der Waals surface area (Å²) in [5, 5.41) is 0.719. The van der Waals surface area contributed by atoms with E-state index in [0.717, 1.165) is 105 Å². The maximum atomic E-state index is 11.8. The molecule has 3 aromatic rings. The molecule has 6 rings (SSSR count). The number of nitrogens with two attached hydrogens (primary N) is 1. The predicted molar refractivity (Wildman–Crippen MR) is 167 cm³/mol. The number of nitrogens with zero attached hydrogens (tertiary/aromatic N) is 4. The maximum absolute atomic E-state index is 11.8. The number of aryl methyl sites for hydroxylation is 1. The lowest BCUT2D eigenvalue weighted by Crippen LogP contribution is -2.48. The second-order valence-corrected chi connectivity index (χ2v) is 12.2. The topological polar surface area (TPSA) is 103 Å². The highest BCUT2D eigenvalue weighted by Gasteiger charge is 2.31. The summed E-state index contributed by atoms with van der Waals surface area (Å²) >= 11 is 6.00. The number of esters is 1. The number of methoxy groups -OCH3 is 1. The molecule has 0 amide bonds. The van der Waals surface area contributed by atoms with E-state index in [4.69, 9.17) is 41.5 Å². The van der Waals surface area contributed by atoms with E-state index in [2.05, 4.69) is 21.9 Å². The molecule has 3 aliphatic rings. The number of carbonyl (C=O) groups excluding carboxylic acids is 1. The molecule has 0 bridgehead atoms. The van der Waals surface area contributed by atoms with Crippen LogP contribution in [0.3, 0.4) is 0 Å². The van der Waals surface area contributed by atoms with Gasteiger partial charge in [0.25, 0.3) is 0 Å². The van der Waals surface area contributed by atoms with Crippen LogP contribution in [0, 0.1) is 11.8 Å². The van der Waals surface area contributed by atoms with Gasteiger partial charge in [0.2, 0.25) is 5.95 Å². The molecule has 2 unspecified atom stereocenters. The smallest absolute Gasteiger partial charge is 0.308 e. The van der Waals surface area contributed by atoms with Gasteiger partial charge in [-0.1, -0.05) is 23.7 Å². The molecule has 2 aromatic carbocycles. The van der Waals surface area contributed by atoms with E-state index >= 15 is 0 Å². The monoisotopic (exact) mass is 605 g/mol. The number of nitrogen functional groups attached to an aromatic ring is 1. The van der Waals surface area contributed by atoms with Crippen LogP contribution in [-0.4, -0.2) is 73.9 Å². The Labute approximate surface area is 258 Å². The third kappa shape index (κ3) is 7.06. The van der Waals surface area contributed by atoms with E-state index in [0.29, 0.717) is 25.1 Å². The first kappa shape index (κ1) is 29.7. The third-order valence-corrected chi connectivity index (χ3v) is 9.20. The predicted octanol–water partition coefficient (Wildman–Crippen LogP) is 4.78. The Balaban J connectivity index is 1.02. The number of halogens is 1. The average molecular weight is 606 g/mol. The zero-order chi connectivity index (χ0) is 29.8. The summed E-state index contributed by atoms with van der Waals surface area (Å²) in [6.45, 7) is 6.48. The van der Waals surface area contributed by atoms with Crippen LogP contribution < -0.4 is 15.4 Å². The molecule has 9 nitrogen and oxygen atoms in total. The second-order valence-electron chi connectivity index (χ2n) is 11.8. The molecule has 2 heterocycles. The summed E-state index contributed by atoms with van der Waals surface area (Å²) in [4.78, 5) is 26.0. The minimum absolute atomic E-state index is 0.0407. The number of hydrogen-bond donors (Lipinski definition) is 1. The Morgan fingerprint density at radius 3 is 2.65 bits per heavy atom. The molecule has 0 radical (unpaired) electrons. The highest BCUT2D eigenvalue weighted by molar-refractivity contribution is 6.30. The lowest BCUT2D eigenvalue weighted by atomic mass is 9.88. The number of anilines is 2. The van der Waals surface area contributed by atoms with Crippen LogP contribution in [0.5, 0.6) is 5.75 Å². The first-order chi connectivity index (χ1) is 21.0. The average Bonchev–Trinajstić information content (AvgIpc) is 3.51. The quantitative estimate of drug-likeness (QED) is 0.258. The lowest BCUT2D eigenvalue weighted by Gasteiger charge is -2.37. The Bertz CT molecular complexity index is 1430. The SMILES string of the molecule is COC(=O)C1CCC(COCCN2CCN(c3nc(N)nc4c3CCc3cc(OCc5ccc(Cl)cc5)ccc3-4)CC2)C1. The van der Waals surface area contributed by atoms with Crippen LogP contribution in [0.4, 0.5) is 11.8 Å². The molecule has 43 heavy (non-hydrogen) atoms. The van der Waals surface area contributed by atoms with Gasteiger partial charge in [-0.2, -0.15) is 4.98 Å². The normalized spacial score (nSPS) is 20.0. The van der Waals surface area contributed by atoms with Crippen molar-refractivity contribution in [3.05, 3.63) is 64.2 Å². The molecule has 1 aromatic heterocycles. The molecular formula is C33H40ClN5O4. The fourth-order valence-electron chi connectivity index (χ4n) is 6.54. The molecule has 2 aliphatic carbocycles. The Morgan fingerprint density at radius 2 is 1.86 bits per heavy atom. The molecule has 2 fully saturated rings. The zero-order valence-corrected chi connectivity index (χ0v) is 25.5. The van der Waals surface area contributed by atoms with Gasteiger partial charge in [-0.3, -0.25) is 9.69 Å². The van der Waals surface area contributed by atoms with Crippen molar-refractivity contribution in [3.63, 3.8) is 0 Å². The number of aromatic nitrogens is 2. The molecule has 2 atom stereocenters. The van der Waals surface area contributed by atoms with Gasteiger partial charge in [0.05, 0.1) is 25.3 Å². The molecule has 1 aliphatic heterocycles. The Kier molecular flexibility index (Phi) is 9.31. The fraction of sp³-hybridized carbons (Fsp3) is 0.485. The third-order valence-electron chi connectivity index (χ3n) is 8.95. The molecular weight excluding hydrogens is 566 g/mol. The van der Waals surface area contributed by atoms with Crippen molar-refractivity contribution < 1.29 is 19.0 Å². The maximum Gasteiger partial charge on any atom is 0.308 e. The number of ether oxygens (including phenoxy) is 3. The van der Waals surface area contributed by atoms with Crippen molar-refractivity contribution in [2.45, 2.75) is 38.7 Å². The summed E-state index contributed by atoms with van der Waals surface area (Å²) in [5.41, 5.74) is 11.8. The van der Waals surface area contributed by atoms with Crippen molar-refractivity contribution in [2.24, 2.45) is 11.8 Å². The van der Waals surface area contributed by atoms with Crippen molar-refractivity contribution >= 4 is 29.3 Å². The van der Waals surface area contributed by atoms with Gasteiger partial charge in [-0.15, -0.1) is 0 Å². The second kappa shape index (κ2) is 13.5. The number of hydrogen-bond acceptors (Lipinski definition) is 9. The highest BCUT2D eigenvalue weighted by Crippen LogP contribution is 2.39. The molecule has 1 saturated heterocycles. The first-order valence-electron chi connectivity index (χ1n) is 15.3. The van der Waals surface area contributed by atoms with E-state index in [1.54, 1.807) is 0 Å². The van der Waals surface area contributed by atoms with Gasteiger partial charge in [-0.05, 0) is 79.5 Å². The van der Waals surface area contributed by atoms with Gasteiger partial charge in [0.15, 0.2) is 0 Å². The number of fused-ring (bicyclic) bond motifs is 3. The van der Waals surface area contributed by atoms with Crippen LogP contribution in [-0.2, 0) is 33.7 Å². The fourth-order valence-corrected chi connectivity index (χ4v) is 6.67. The number of carbonyl (C=O) groups is 1. The highest BCUT2D eigenvalue weighted by atomic mass is 35.5. The van der Waals surface area contributed by atoms with Gasteiger partial charge < -0.3 is 24.8 Å². The minimum atomic E-state index is -0.0822. The minimum Gasteiger partial charge on any atom is -0.489 e. The molecule has 1 saturated carbocycles.